The van der Waals surface area contributed by atoms with Gasteiger partial charge in [-0.15, -0.1) is 22.7 Å². The van der Waals surface area contributed by atoms with Crippen molar-refractivity contribution in [2.45, 2.75) is 26.2 Å². The fourth-order valence-corrected chi connectivity index (χ4v) is 6.75. The summed E-state index contributed by atoms with van der Waals surface area (Å²) in [5, 5.41) is 17.9. The molecule has 0 radical (unpaired) electrons. The summed E-state index contributed by atoms with van der Waals surface area (Å²) in [5.41, 5.74) is 1.74. The third kappa shape index (κ3) is 4.00. The topological polar surface area (TPSA) is 64.9 Å². The molecule has 1 aliphatic rings. The van der Waals surface area contributed by atoms with E-state index in [9.17, 15) is 10.1 Å². The highest BCUT2D eigenvalue weighted by molar-refractivity contribution is 7.80. The zero-order valence-electron chi connectivity index (χ0n) is 15.3. The van der Waals surface area contributed by atoms with E-state index in [2.05, 4.69) is 23.6 Å². The predicted molar refractivity (Wildman–Crippen MR) is 126 cm³/mol. The summed E-state index contributed by atoms with van der Waals surface area (Å²) in [6, 6.07) is 7.59. The average Bonchev–Trinajstić information content (AvgIpc) is 3.17. The Balaban J connectivity index is 1.53. The van der Waals surface area contributed by atoms with Gasteiger partial charge in [0.25, 0.3) is 5.91 Å². The molecule has 0 saturated carbocycles. The molecule has 4 rings (SSSR count). The van der Waals surface area contributed by atoms with Crippen LogP contribution in [0.3, 0.4) is 0 Å². The zero-order chi connectivity index (χ0) is 20.7. The van der Waals surface area contributed by atoms with Crippen molar-refractivity contribution in [1.29, 1.82) is 5.26 Å². The standard InChI is InChI=1S/C20H15Cl2N3OS3/c1-9-2-4-11-13(8-23)19(29-14(11)6-9)25-20(27)24-18(26)17-16(22)12-5-3-10(21)7-15(12)28-17/h3,5,7,9H,2,4,6H2,1H3,(H2,24,25,26,27)/t9-/m0/s1. The molecular weight excluding hydrogens is 465 g/mol. The number of carbonyl (C=O) groups excluding carboxylic acids is 1. The number of hydrogen-bond acceptors (Lipinski definition) is 5. The summed E-state index contributed by atoms with van der Waals surface area (Å²) >= 11 is 20.5. The summed E-state index contributed by atoms with van der Waals surface area (Å²) in [6.07, 6.45) is 2.94. The molecule has 29 heavy (non-hydrogen) atoms. The van der Waals surface area contributed by atoms with Crippen molar-refractivity contribution in [3.05, 3.63) is 49.1 Å². The normalized spacial score (nSPS) is 15.6. The van der Waals surface area contributed by atoms with Crippen LogP contribution in [0, 0.1) is 17.2 Å². The molecular formula is C20H15Cl2N3OS3. The van der Waals surface area contributed by atoms with Gasteiger partial charge in [0.05, 0.1) is 10.6 Å². The minimum absolute atomic E-state index is 0.143. The van der Waals surface area contributed by atoms with Gasteiger partial charge in [0.2, 0.25) is 0 Å². The van der Waals surface area contributed by atoms with E-state index in [4.69, 9.17) is 35.4 Å². The molecule has 9 heteroatoms. The smallest absolute Gasteiger partial charge is 0.269 e. The molecule has 3 aromatic rings. The molecule has 4 nitrogen and oxygen atoms in total. The van der Waals surface area contributed by atoms with Crippen LogP contribution in [-0.2, 0) is 12.8 Å². The van der Waals surface area contributed by atoms with Crippen molar-refractivity contribution in [1.82, 2.24) is 5.32 Å². The fraction of sp³-hybridized carbons (Fsp3) is 0.250. The molecule has 0 aliphatic heterocycles. The number of carbonyl (C=O) groups is 1. The minimum Gasteiger partial charge on any atom is -0.323 e. The molecule has 2 heterocycles. The zero-order valence-corrected chi connectivity index (χ0v) is 19.2. The van der Waals surface area contributed by atoms with E-state index in [1.54, 1.807) is 18.2 Å². The van der Waals surface area contributed by atoms with Crippen LogP contribution < -0.4 is 10.6 Å². The van der Waals surface area contributed by atoms with Gasteiger partial charge in [-0.25, -0.2) is 0 Å². The van der Waals surface area contributed by atoms with Crippen LogP contribution in [0.1, 0.15) is 39.0 Å². The number of amides is 1. The van der Waals surface area contributed by atoms with Crippen molar-refractivity contribution in [2.24, 2.45) is 5.92 Å². The number of anilines is 1. The SMILES string of the molecule is C[C@H]1CCc2c(sc(NC(=S)NC(=O)c3sc4cc(Cl)ccc4c3Cl)c2C#N)C1. The first-order valence-corrected chi connectivity index (χ1v) is 11.7. The predicted octanol–water partition coefficient (Wildman–Crippen LogP) is 6.39. The molecule has 0 bridgehead atoms. The molecule has 1 amide bonds. The highest BCUT2D eigenvalue weighted by Crippen LogP contribution is 2.39. The Kier molecular flexibility index (Phi) is 5.83. The molecule has 1 aromatic carbocycles. The van der Waals surface area contributed by atoms with Gasteiger partial charge >= 0.3 is 0 Å². The number of thiocarbonyl (C=S) groups is 1. The Morgan fingerprint density at radius 3 is 2.90 bits per heavy atom. The van der Waals surface area contributed by atoms with Gasteiger partial charge < -0.3 is 5.32 Å². The van der Waals surface area contributed by atoms with Crippen molar-refractivity contribution in [3.8, 4) is 6.07 Å². The first-order chi connectivity index (χ1) is 13.9. The maximum Gasteiger partial charge on any atom is 0.269 e. The number of nitriles is 1. The number of nitrogens with one attached hydrogen (secondary N) is 2. The number of thiophene rings is 2. The summed E-state index contributed by atoms with van der Waals surface area (Å²) in [5.74, 6) is 0.217. The lowest BCUT2D eigenvalue weighted by molar-refractivity contribution is 0.0982. The van der Waals surface area contributed by atoms with E-state index < -0.39 is 5.91 Å². The van der Waals surface area contributed by atoms with E-state index in [0.29, 0.717) is 31.4 Å². The summed E-state index contributed by atoms with van der Waals surface area (Å²) in [4.78, 5) is 14.3. The van der Waals surface area contributed by atoms with Gasteiger partial charge in [0.15, 0.2) is 5.11 Å². The highest BCUT2D eigenvalue weighted by Gasteiger charge is 2.25. The summed E-state index contributed by atoms with van der Waals surface area (Å²) in [6.45, 7) is 2.22. The van der Waals surface area contributed by atoms with Crippen LogP contribution in [0.5, 0.6) is 0 Å². The Morgan fingerprint density at radius 2 is 2.14 bits per heavy atom. The molecule has 1 aliphatic carbocycles. The van der Waals surface area contributed by atoms with Crippen molar-refractivity contribution in [3.63, 3.8) is 0 Å². The minimum atomic E-state index is -0.390. The number of benzene rings is 1. The molecule has 2 aromatic heterocycles. The van der Waals surface area contributed by atoms with E-state index in [1.165, 1.54) is 27.6 Å². The molecule has 0 saturated heterocycles. The molecule has 0 unspecified atom stereocenters. The lowest BCUT2D eigenvalue weighted by atomic mass is 9.89. The van der Waals surface area contributed by atoms with Crippen LogP contribution in [0.15, 0.2) is 18.2 Å². The Hall–Kier alpha value is -1.69. The Bertz CT molecular complexity index is 1190. The van der Waals surface area contributed by atoms with Crippen molar-refractivity contribution >= 4 is 84.2 Å². The Morgan fingerprint density at radius 1 is 1.34 bits per heavy atom. The fourth-order valence-electron chi connectivity index (χ4n) is 3.44. The van der Waals surface area contributed by atoms with E-state index >= 15 is 0 Å². The van der Waals surface area contributed by atoms with Gasteiger partial charge in [-0.3, -0.25) is 10.1 Å². The number of fused-ring (bicyclic) bond motifs is 2. The van der Waals surface area contributed by atoms with Gasteiger partial charge in [-0.1, -0.05) is 36.2 Å². The van der Waals surface area contributed by atoms with Crippen molar-refractivity contribution in [2.75, 3.05) is 5.32 Å². The number of halogens is 2. The molecule has 0 fully saturated rings. The Labute approximate surface area is 191 Å². The highest BCUT2D eigenvalue weighted by atomic mass is 35.5. The van der Waals surface area contributed by atoms with E-state index in [-0.39, 0.29) is 5.11 Å². The number of rotatable bonds is 2. The quantitative estimate of drug-likeness (QED) is 0.417. The van der Waals surface area contributed by atoms with Gasteiger partial charge in [-0.05, 0) is 55.1 Å². The summed E-state index contributed by atoms with van der Waals surface area (Å²) in [7, 11) is 0. The molecule has 2 N–H and O–H groups in total. The number of nitrogens with zero attached hydrogens (tertiary/aromatic N) is 1. The van der Waals surface area contributed by atoms with Gasteiger partial charge in [-0.2, -0.15) is 5.26 Å². The van der Waals surface area contributed by atoms with Crippen LogP contribution in [0.2, 0.25) is 10.0 Å². The summed E-state index contributed by atoms with van der Waals surface area (Å²) < 4.78 is 0.832. The van der Waals surface area contributed by atoms with Gasteiger partial charge in [0.1, 0.15) is 15.9 Å². The molecule has 0 spiro atoms. The maximum absolute atomic E-state index is 12.7. The average molecular weight is 480 g/mol. The second kappa shape index (κ2) is 8.21. The van der Waals surface area contributed by atoms with Crippen molar-refractivity contribution < 1.29 is 4.79 Å². The molecule has 148 valence electrons. The van der Waals surface area contributed by atoms with Crippen LogP contribution in [0.4, 0.5) is 5.00 Å². The van der Waals surface area contributed by atoms with Crippen LogP contribution in [0.25, 0.3) is 10.1 Å². The molecule has 1 atom stereocenters. The lowest BCUT2D eigenvalue weighted by Gasteiger charge is -2.17. The number of hydrogen-bond donors (Lipinski definition) is 2. The maximum atomic E-state index is 12.7. The first kappa shape index (κ1) is 20.6. The lowest BCUT2D eigenvalue weighted by Crippen LogP contribution is -2.33. The van der Waals surface area contributed by atoms with E-state index in [1.807, 2.05) is 0 Å². The monoisotopic (exact) mass is 479 g/mol. The second-order valence-electron chi connectivity index (χ2n) is 6.96. The third-order valence-electron chi connectivity index (χ3n) is 4.88. The largest absolute Gasteiger partial charge is 0.323 e. The van der Waals surface area contributed by atoms with E-state index in [0.717, 1.165) is 34.9 Å². The second-order valence-corrected chi connectivity index (χ2v) is 10.3. The van der Waals surface area contributed by atoms with Crippen LogP contribution >= 0.6 is 58.1 Å². The first-order valence-electron chi connectivity index (χ1n) is 8.92. The van der Waals surface area contributed by atoms with Crippen LogP contribution in [-0.4, -0.2) is 11.0 Å². The van der Waals surface area contributed by atoms with Gasteiger partial charge in [0, 0.05) is 20.0 Å². The third-order valence-corrected chi connectivity index (χ3v) is 8.14.